The quantitative estimate of drug-likeness (QED) is 0.377. The number of rotatable bonds is 6. The van der Waals surface area contributed by atoms with Crippen LogP contribution >= 0.6 is 15.9 Å². The van der Waals surface area contributed by atoms with Gasteiger partial charge in [-0.1, -0.05) is 0 Å². The SMILES string of the molecule is BrCC[CH2][Sn]([c]1ccccc1)([c]1ccccc1)[c]1ccccc1. The van der Waals surface area contributed by atoms with Crippen molar-refractivity contribution in [2.24, 2.45) is 0 Å². The molecule has 0 saturated heterocycles. The number of hydrogen-bond donors (Lipinski definition) is 0. The Labute approximate surface area is 151 Å². The van der Waals surface area contributed by atoms with Crippen LogP contribution in [0.25, 0.3) is 0 Å². The van der Waals surface area contributed by atoms with Gasteiger partial charge in [0.15, 0.2) is 0 Å². The predicted molar refractivity (Wildman–Crippen MR) is 107 cm³/mol. The van der Waals surface area contributed by atoms with Gasteiger partial charge in [-0.05, 0) is 0 Å². The Morgan fingerprint density at radius 3 is 1.22 bits per heavy atom. The molecule has 0 radical (unpaired) electrons. The molecule has 0 aliphatic heterocycles. The molecule has 0 saturated carbocycles. The van der Waals surface area contributed by atoms with E-state index in [1.54, 1.807) is 10.7 Å². The third kappa shape index (κ3) is 3.56. The van der Waals surface area contributed by atoms with Gasteiger partial charge in [0, 0.05) is 0 Å². The van der Waals surface area contributed by atoms with Gasteiger partial charge >= 0.3 is 152 Å². The van der Waals surface area contributed by atoms with Crippen LogP contribution in [0.3, 0.4) is 0 Å². The molecule has 3 aromatic rings. The van der Waals surface area contributed by atoms with E-state index in [0.29, 0.717) is 0 Å². The second-order valence-electron chi connectivity index (χ2n) is 5.80. The maximum absolute atomic E-state index is 3.65. The molecule has 0 atom stereocenters. The molecule has 0 amide bonds. The van der Waals surface area contributed by atoms with Crippen LogP contribution in [0, 0.1) is 0 Å². The molecule has 0 nitrogen and oxygen atoms in total. The van der Waals surface area contributed by atoms with Crippen LogP contribution in [-0.2, 0) is 0 Å². The molecule has 0 unspecified atom stereocenters. The molecule has 0 fully saturated rings. The molecule has 0 aromatic heterocycles. The summed E-state index contributed by atoms with van der Waals surface area (Å²) in [6, 6.07) is 33.7. The Morgan fingerprint density at radius 2 is 0.913 bits per heavy atom. The molecule has 0 heterocycles. The van der Waals surface area contributed by atoms with Crippen LogP contribution in [0.4, 0.5) is 0 Å². The van der Waals surface area contributed by atoms with Crippen molar-refractivity contribution in [2.45, 2.75) is 10.9 Å². The average Bonchev–Trinajstić information content (AvgIpc) is 2.65. The van der Waals surface area contributed by atoms with E-state index in [-0.39, 0.29) is 0 Å². The van der Waals surface area contributed by atoms with Crippen LogP contribution in [-0.4, -0.2) is 23.7 Å². The standard InChI is InChI=1S/3C6H5.C3H6Br.Sn/c3*1-2-4-6-5-3-1;1-2-3-4;/h3*1-5H;1-3H2;. The van der Waals surface area contributed by atoms with E-state index < -0.39 is 18.4 Å². The second-order valence-corrected chi connectivity index (χ2v) is 18.1. The summed E-state index contributed by atoms with van der Waals surface area (Å²) in [5, 5.41) is 1.07. The third-order valence-electron chi connectivity index (χ3n) is 4.49. The Balaban J connectivity index is 2.25. The molecular formula is C21H21BrSn. The Hall–Kier alpha value is -1.06. The molecule has 0 aliphatic carbocycles. The van der Waals surface area contributed by atoms with Crippen LogP contribution in [0.2, 0.25) is 4.44 Å². The normalized spacial score (nSPS) is 11.3. The van der Waals surface area contributed by atoms with Gasteiger partial charge in [0.1, 0.15) is 0 Å². The van der Waals surface area contributed by atoms with E-state index in [9.17, 15) is 0 Å². The first-order valence-corrected chi connectivity index (χ1v) is 15.5. The topological polar surface area (TPSA) is 0 Å². The maximum atomic E-state index is 3.65. The summed E-state index contributed by atoms with van der Waals surface area (Å²) in [6.45, 7) is 0. The van der Waals surface area contributed by atoms with Crippen molar-refractivity contribution in [3.8, 4) is 0 Å². The zero-order valence-corrected chi connectivity index (χ0v) is 17.6. The Bertz CT molecular complexity index is 614. The summed E-state index contributed by atoms with van der Waals surface area (Å²) in [5.74, 6) is 0. The fourth-order valence-electron chi connectivity index (χ4n) is 3.43. The van der Waals surface area contributed by atoms with E-state index in [2.05, 4.69) is 107 Å². The van der Waals surface area contributed by atoms with Crippen LogP contribution < -0.4 is 10.7 Å². The molecule has 2 heteroatoms. The van der Waals surface area contributed by atoms with Crippen LogP contribution in [0.5, 0.6) is 0 Å². The minimum absolute atomic E-state index is 1.07. The number of benzene rings is 3. The van der Waals surface area contributed by atoms with E-state index in [1.807, 2.05) is 0 Å². The predicted octanol–water partition coefficient (Wildman–Crippen LogP) is 3.94. The van der Waals surface area contributed by atoms with Gasteiger partial charge in [-0.3, -0.25) is 0 Å². The van der Waals surface area contributed by atoms with Gasteiger partial charge in [-0.25, -0.2) is 0 Å². The number of alkyl halides is 1. The van der Waals surface area contributed by atoms with Crippen molar-refractivity contribution in [1.29, 1.82) is 0 Å². The summed E-state index contributed by atoms with van der Waals surface area (Å²) in [5.41, 5.74) is 0. The van der Waals surface area contributed by atoms with Gasteiger partial charge in [0.2, 0.25) is 0 Å². The number of hydrogen-bond acceptors (Lipinski definition) is 0. The summed E-state index contributed by atoms with van der Waals surface area (Å²) < 4.78 is 6.00. The summed E-state index contributed by atoms with van der Waals surface area (Å²) >= 11 is 0.718. The van der Waals surface area contributed by atoms with E-state index in [0.717, 1.165) is 5.33 Å². The molecule has 3 rings (SSSR count). The summed E-state index contributed by atoms with van der Waals surface area (Å²) in [7, 11) is 0. The summed E-state index contributed by atoms with van der Waals surface area (Å²) in [6.07, 6.45) is 1.22. The van der Waals surface area contributed by atoms with Gasteiger partial charge in [-0.2, -0.15) is 0 Å². The number of halogens is 1. The monoisotopic (exact) mass is 472 g/mol. The molecule has 0 aliphatic rings. The van der Waals surface area contributed by atoms with E-state index in [4.69, 9.17) is 0 Å². The second kappa shape index (κ2) is 8.16. The fourth-order valence-corrected chi connectivity index (χ4v) is 19.1. The van der Waals surface area contributed by atoms with Gasteiger partial charge in [0.25, 0.3) is 0 Å². The van der Waals surface area contributed by atoms with Gasteiger partial charge < -0.3 is 0 Å². The minimum atomic E-state index is -2.93. The van der Waals surface area contributed by atoms with Crippen molar-refractivity contribution in [3.05, 3.63) is 91.0 Å². The van der Waals surface area contributed by atoms with Crippen molar-refractivity contribution >= 4 is 45.0 Å². The van der Waals surface area contributed by atoms with E-state index >= 15 is 0 Å². The molecule has 116 valence electrons. The molecular weight excluding hydrogens is 451 g/mol. The van der Waals surface area contributed by atoms with Crippen LogP contribution in [0.1, 0.15) is 6.42 Å². The molecule has 23 heavy (non-hydrogen) atoms. The third-order valence-corrected chi connectivity index (χ3v) is 19.5. The Kier molecular flexibility index (Phi) is 5.96. The average molecular weight is 472 g/mol. The zero-order chi connectivity index (χ0) is 16.0. The zero-order valence-electron chi connectivity index (χ0n) is 13.2. The molecule has 0 spiro atoms. The summed E-state index contributed by atoms with van der Waals surface area (Å²) in [4.78, 5) is 0. The van der Waals surface area contributed by atoms with Gasteiger partial charge in [0.05, 0.1) is 0 Å². The fraction of sp³-hybridized carbons (Fsp3) is 0.143. The first-order chi connectivity index (χ1) is 11.4. The van der Waals surface area contributed by atoms with Crippen molar-refractivity contribution in [2.75, 3.05) is 5.33 Å². The van der Waals surface area contributed by atoms with Crippen molar-refractivity contribution < 1.29 is 0 Å². The molecule has 3 aromatic carbocycles. The Morgan fingerprint density at radius 1 is 0.565 bits per heavy atom. The first kappa shape index (κ1) is 16.8. The van der Waals surface area contributed by atoms with Crippen molar-refractivity contribution in [1.82, 2.24) is 0 Å². The van der Waals surface area contributed by atoms with Crippen LogP contribution in [0.15, 0.2) is 91.0 Å². The molecule has 0 N–H and O–H groups in total. The first-order valence-electron chi connectivity index (χ1n) is 8.10. The molecule has 0 bridgehead atoms. The van der Waals surface area contributed by atoms with E-state index in [1.165, 1.54) is 10.9 Å². The van der Waals surface area contributed by atoms with Crippen molar-refractivity contribution in [3.63, 3.8) is 0 Å². The van der Waals surface area contributed by atoms with Gasteiger partial charge in [-0.15, -0.1) is 0 Å².